The minimum Gasteiger partial charge on any atom is -0.483 e. The summed E-state index contributed by atoms with van der Waals surface area (Å²) >= 11 is 0. The van der Waals surface area contributed by atoms with E-state index in [0.717, 1.165) is 24.2 Å². The van der Waals surface area contributed by atoms with Gasteiger partial charge in [0, 0.05) is 31.6 Å². The molecule has 0 bridgehead atoms. The molecule has 8 nitrogen and oxygen atoms in total. The number of hydrogen-bond donors (Lipinski definition) is 0. The normalized spacial score (nSPS) is 27.6. The van der Waals surface area contributed by atoms with E-state index in [1.165, 1.54) is 0 Å². The molecule has 0 saturated carbocycles. The first-order chi connectivity index (χ1) is 14.7. The Morgan fingerprint density at radius 2 is 1.97 bits per heavy atom. The van der Waals surface area contributed by atoms with E-state index in [4.69, 9.17) is 4.74 Å². The third-order valence-electron chi connectivity index (χ3n) is 6.69. The molecule has 1 aromatic carbocycles. The second-order valence-corrected chi connectivity index (χ2v) is 11.4. The fourth-order valence-electron chi connectivity index (χ4n) is 4.92. The molecule has 4 rings (SSSR count). The van der Waals surface area contributed by atoms with Gasteiger partial charge in [0.2, 0.25) is 11.8 Å². The smallest absolute Gasteiger partial charge is 0.236 e. The summed E-state index contributed by atoms with van der Waals surface area (Å²) in [7, 11) is -1.18. The van der Waals surface area contributed by atoms with Crippen molar-refractivity contribution in [1.29, 1.82) is 0 Å². The first kappa shape index (κ1) is 22.1. The van der Waals surface area contributed by atoms with E-state index in [9.17, 15) is 18.0 Å². The van der Waals surface area contributed by atoms with Crippen molar-refractivity contribution < 1.29 is 22.7 Å². The zero-order chi connectivity index (χ0) is 22.2. The molecule has 0 radical (unpaired) electrons. The van der Waals surface area contributed by atoms with E-state index < -0.39 is 15.4 Å². The van der Waals surface area contributed by atoms with Gasteiger partial charge in [-0.3, -0.25) is 14.5 Å². The van der Waals surface area contributed by atoms with E-state index in [2.05, 4.69) is 0 Å². The summed E-state index contributed by atoms with van der Waals surface area (Å²) in [6, 6.07) is 7.65. The van der Waals surface area contributed by atoms with Crippen molar-refractivity contribution in [2.24, 2.45) is 0 Å². The van der Waals surface area contributed by atoms with Crippen molar-refractivity contribution in [1.82, 2.24) is 14.7 Å². The van der Waals surface area contributed by atoms with Crippen LogP contribution in [0.1, 0.15) is 31.7 Å². The number of para-hydroxylation sites is 1. The van der Waals surface area contributed by atoms with Gasteiger partial charge in [0.1, 0.15) is 11.4 Å². The molecule has 3 aliphatic heterocycles. The van der Waals surface area contributed by atoms with Crippen LogP contribution in [0.25, 0.3) is 0 Å². The maximum absolute atomic E-state index is 13.1. The fourth-order valence-corrected chi connectivity index (χ4v) is 6.73. The van der Waals surface area contributed by atoms with E-state index in [0.29, 0.717) is 32.6 Å². The highest BCUT2D eigenvalue weighted by atomic mass is 32.2. The number of rotatable bonds is 3. The third-order valence-corrected chi connectivity index (χ3v) is 8.44. The number of amides is 2. The third kappa shape index (κ3) is 4.87. The molecule has 170 valence electrons. The first-order valence-corrected chi connectivity index (χ1v) is 12.7. The Bertz CT molecular complexity index is 966. The molecule has 2 amide bonds. The van der Waals surface area contributed by atoms with Gasteiger partial charge in [-0.2, -0.15) is 0 Å². The van der Waals surface area contributed by atoms with Crippen molar-refractivity contribution in [3.63, 3.8) is 0 Å². The predicted octanol–water partition coefficient (Wildman–Crippen LogP) is 0.908. The van der Waals surface area contributed by atoms with Gasteiger partial charge in [0.15, 0.2) is 9.84 Å². The second-order valence-electron chi connectivity index (χ2n) is 9.16. The summed E-state index contributed by atoms with van der Waals surface area (Å²) in [5, 5.41) is 0. The molecule has 2 saturated heterocycles. The number of carbonyl (C=O) groups is 2. The molecule has 2 unspecified atom stereocenters. The standard InChI is InChI=1S/C22H31N3O5S/c1-17(26)25-12-18-6-3-4-7-20(18)30-22(16-25)9-5-10-24(15-22)21(27)13-23(2)19-8-11-31(28,29)14-19/h3-4,6-7,19H,5,8-16H2,1-2H3. The van der Waals surface area contributed by atoms with Crippen LogP contribution < -0.4 is 4.74 Å². The maximum atomic E-state index is 13.1. The van der Waals surface area contributed by atoms with Gasteiger partial charge in [0.05, 0.1) is 31.1 Å². The molecular formula is C22H31N3O5S. The van der Waals surface area contributed by atoms with Crippen LogP contribution in [0.3, 0.4) is 0 Å². The summed E-state index contributed by atoms with van der Waals surface area (Å²) in [6.45, 7) is 3.75. The molecular weight excluding hydrogens is 418 g/mol. The molecule has 2 fully saturated rings. The Balaban J connectivity index is 1.49. The first-order valence-electron chi connectivity index (χ1n) is 10.9. The molecule has 9 heteroatoms. The van der Waals surface area contributed by atoms with Crippen LogP contribution in [0.15, 0.2) is 24.3 Å². The highest BCUT2D eigenvalue weighted by molar-refractivity contribution is 7.91. The van der Waals surface area contributed by atoms with Crippen molar-refractivity contribution in [2.75, 3.05) is 44.7 Å². The van der Waals surface area contributed by atoms with Crippen LogP contribution >= 0.6 is 0 Å². The van der Waals surface area contributed by atoms with Gasteiger partial charge in [0.25, 0.3) is 0 Å². The lowest BCUT2D eigenvalue weighted by Crippen LogP contribution is -2.59. The number of carbonyl (C=O) groups excluding carboxylic acids is 2. The molecule has 1 aromatic rings. The molecule has 0 aliphatic carbocycles. The van der Waals surface area contributed by atoms with Crippen LogP contribution in [0.4, 0.5) is 0 Å². The highest BCUT2D eigenvalue weighted by Crippen LogP contribution is 2.35. The number of likely N-dealkylation sites (tertiary alicyclic amines) is 1. The van der Waals surface area contributed by atoms with Gasteiger partial charge < -0.3 is 14.5 Å². The largest absolute Gasteiger partial charge is 0.483 e. The molecule has 3 aliphatic rings. The quantitative estimate of drug-likeness (QED) is 0.682. The number of benzene rings is 1. The number of sulfone groups is 1. The maximum Gasteiger partial charge on any atom is 0.236 e. The summed E-state index contributed by atoms with van der Waals surface area (Å²) in [4.78, 5) is 30.9. The number of ether oxygens (including phenoxy) is 1. The summed E-state index contributed by atoms with van der Waals surface area (Å²) < 4.78 is 30.1. The molecule has 1 spiro atoms. The van der Waals surface area contributed by atoms with Gasteiger partial charge >= 0.3 is 0 Å². The van der Waals surface area contributed by atoms with Crippen LogP contribution in [-0.2, 0) is 26.0 Å². The fraction of sp³-hybridized carbons (Fsp3) is 0.636. The average molecular weight is 450 g/mol. The number of likely N-dealkylation sites (N-methyl/N-ethyl adjacent to an activating group) is 1. The molecule has 0 aromatic heterocycles. The summed E-state index contributed by atoms with van der Waals surface area (Å²) in [5.74, 6) is 1.05. The van der Waals surface area contributed by atoms with Crippen LogP contribution in [-0.4, -0.2) is 91.3 Å². The zero-order valence-electron chi connectivity index (χ0n) is 18.2. The van der Waals surface area contributed by atoms with Gasteiger partial charge in [-0.15, -0.1) is 0 Å². The van der Waals surface area contributed by atoms with Gasteiger partial charge in [-0.25, -0.2) is 8.42 Å². The molecule has 3 heterocycles. The Morgan fingerprint density at radius 1 is 1.23 bits per heavy atom. The Morgan fingerprint density at radius 3 is 2.68 bits per heavy atom. The van der Waals surface area contributed by atoms with Gasteiger partial charge in [-0.1, -0.05) is 18.2 Å². The number of piperidine rings is 1. The van der Waals surface area contributed by atoms with E-state index >= 15 is 0 Å². The van der Waals surface area contributed by atoms with Crippen molar-refractivity contribution >= 4 is 21.7 Å². The minimum atomic E-state index is -2.99. The zero-order valence-corrected chi connectivity index (χ0v) is 19.1. The predicted molar refractivity (Wildman–Crippen MR) is 116 cm³/mol. The van der Waals surface area contributed by atoms with Gasteiger partial charge in [-0.05, 0) is 32.4 Å². The Kier molecular flexibility index (Phi) is 6.00. The highest BCUT2D eigenvalue weighted by Gasteiger charge is 2.43. The lowest BCUT2D eigenvalue weighted by atomic mass is 9.91. The lowest BCUT2D eigenvalue weighted by Gasteiger charge is -2.44. The Labute approximate surface area is 184 Å². The van der Waals surface area contributed by atoms with E-state index in [1.807, 2.05) is 41.1 Å². The van der Waals surface area contributed by atoms with Crippen LogP contribution in [0, 0.1) is 0 Å². The van der Waals surface area contributed by atoms with Crippen molar-refractivity contribution in [3.8, 4) is 5.75 Å². The molecule has 2 atom stereocenters. The molecule has 0 N–H and O–H groups in total. The lowest BCUT2D eigenvalue weighted by molar-refractivity contribution is -0.141. The van der Waals surface area contributed by atoms with Crippen LogP contribution in [0.5, 0.6) is 5.75 Å². The van der Waals surface area contributed by atoms with Crippen molar-refractivity contribution in [2.45, 2.75) is 44.4 Å². The van der Waals surface area contributed by atoms with E-state index in [-0.39, 0.29) is 35.9 Å². The topological polar surface area (TPSA) is 87.2 Å². The summed E-state index contributed by atoms with van der Waals surface area (Å²) in [6.07, 6.45) is 2.14. The SMILES string of the molecule is CC(=O)N1Cc2ccccc2OC2(CCCN(C(=O)CN(C)C3CCS(=O)(=O)C3)C2)C1. The number of nitrogens with zero attached hydrogens (tertiary/aromatic N) is 3. The van der Waals surface area contributed by atoms with E-state index in [1.54, 1.807) is 11.8 Å². The number of fused-ring (bicyclic) bond motifs is 1. The monoisotopic (exact) mass is 449 g/mol. The Hall–Kier alpha value is -2.13. The minimum absolute atomic E-state index is 0.00898. The van der Waals surface area contributed by atoms with Crippen molar-refractivity contribution in [3.05, 3.63) is 29.8 Å². The second kappa shape index (κ2) is 8.43. The van der Waals surface area contributed by atoms with Crippen LogP contribution in [0.2, 0.25) is 0 Å². The average Bonchev–Trinajstić information content (AvgIpc) is 3.00. The number of hydrogen-bond acceptors (Lipinski definition) is 6. The molecule has 31 heavy (non-hydrogen) atoms. The summed E-state index contributed by atoms with van der Waals surface area (Å²) in [5.41, 5.74) is 0.335.